The molecule has 0 aliphatic carbocycles. The molecule has 174 valence electrons. The normalized spacial score (nSPS) is 13.0. The Morgan fingerprint density at radius 2 is 1.66 bits per heavy atom. The van der Waals surface area contributed by atoms with Gasteiger partial charge in [-0.2, -0.15) is 5.26 Å². The molecule has 2 aromatic carbocycles. The van der Waals surface area contributed by atoms with Crippen LogP contribution in [-0.4, -0.2) is 46.4 Å². The number of methoxy groups -OCH3 is 3. The quantitative estimate of drug-likeness (QED) is 0.451. The van der Waals surface area contributed by atoms with Crippen molar-refractivity contribution < 1.29 is 18.6 Å². The largest absolute Gasteiger partial charge is 0.497 e. The molecule has 0 bridgehead atoms. The third-order valence-corrected chi connectivity index (χ3v) is 6.16. The molecule has 32 heavy (non-hydrogen) atoms. The zero-order chi connectivity index (χ0) is 23.7. The van der Waals surface area contributed by atoms with Gasteiger partial charge >= 0.3 is 0 Å². The van der Waals surface area contributed by atoms with Gasteiger partial charge in [0.15, 0.2) is 11.6 Å². The van der Waals surface area contributed by atoms with Crippen molar-refractivity contribution in [1.82, 2.24) is 4.90 Å². The van der Waals surface area contributed by atoms with Crippen molar-refractivity contribution in [1.29, 1.82) is 5.26 Å². The van der Waals surface area contributed by atoms with Gasteiger partial charge in [0.1, 0.15) is 11.5 Å². The van der Waals surface area contributed by atoms with Crippen molar-refractivity contribution in [3.63, 3.8) is 0 Å². The van der Waals surface area contributed by atoms with Crippen molar-refractivity contribution >= 4 is 0 Å². The first kappa shape index (κ1) is 25.5. The Morgan fingerprint density at radius 1 is 1.00 bits per heavy atom. The molecule has 0 aliphatic rings. The molecule has 0 saturated heterocycles. The van der Waals surface area contributed by atoms with Crippen LogP contribution in [-0.2, 0) is 11.8 Å². The minimum absolute atomic E-state index is 0.122. The molecule has 2 rings (SSSR count). The summed E-state index contributed by atoms with van der Waals surface area (Å²) in [5.41, 5.74) is 1.22. The lowest BCUT2D eigenvalue weighted by atomic mass is 9.69. The van der Waals surface area contributed by atoms with Crippen molar-refractivity contribution in [3.8, 4) is 23.3 Å². The lowest BCUT2D eigenvalue weighted by Crippen LogP contribution is -2.32. The molecule has 5 nitrogen and oxygen atoms in total. The number of likely N-dealkylation sites (N-methyl/N-ethyl adjacent to an activating group) is 1. The fourth-order valence-electron chi connectivity index (χ4n) is 4.01. The molecule has 0 amide bonds. The number of benzene rings is 2. The number of halogens is 1. The Kier molecular flexibility index (Phi) is 9.34. The van der Waals surface area contributed by atoms with Crippen LogP contribution in [0.5, 0.6) is 17.2 Å². The molecule has 0 radical (unpaired) electrons. The highest BCUT2D eigenvalue weighted by Crippen LogP contribution is 2.40. The maximum absolute atomic E-state index is 13.9. The molecule has 0 fully saturated rings. The van der Waals surface area contributed by atoms with Gasteiger partial charge in [0.25, 0.3) is 0 Å². The summed E-state index contributed by atoms with van der Waals surface area (Å²) >= 11 is 0. The van der Waals surface area contributed by atoms with E-state index in [0.717, 1.165) is 43.5 Å². The lowest BCUT2D eigenvalue weighted by Gasteiger charge is -2.32. The zero-order valence-corrected chi connectivity index (χ0v) is 20.1. The number of nitrogens with zero attached hydrogens (tertiary/aromatic N) is 2. The SMILES string of the molecule is COc1cc(OC)cc([C@](C#N)(CCCN(C)CCc2ccc(OC)c(F)c2)C(C)C)c1. The van der Waals surface area contributed by atoms with E-state index in [2.05, 4.69) is 31.9 Å². The molecular formula is C26H35FN2O3. The molecular weight excluding hydrogens is 407 g/mol. The van der Waals surface area contributed by atoms with Gasteiger partial charge in [-0.05, 0) is 74.2 Å². The Hall–Kier alpha value is -2.78. The highest BCUT2D eigenvalue weighted by Gasteiger charge is 2.36. The van der Waals surface area contributed by atoms with Gasteiger partial charge in [0, 0.05) is 12.6 Å². The smallest absolute Gasteiger partial charge is 0.165 e. The van der Waals surface area contributed by atoms with Gasteiger partial charge < -0.3 is 19.1 Å². The van der Waals surface area contributed by atoms with E-state index in [9.17, 15) is 9.65 Å². The Morgan fingerprint density at radius 3 is 2.16 bits per heavy atom. The standard InChI is InChI=1S/C26H35FN2O3/c1-19(2)26(18-28,21-15-22(30-4)17-23(16-21)31-5)11-7-12-29(3)13-10-20-8-9-25(32-6)24(27)14-20/h8-9,14-17,19H,7,10-13H2,1-6H3/t26-/m0/s1. The molecule has 0 saturated carbocycles. The predicted molar refractivity (Wildman–Crippen MR) is 125 cm³/mol. The highest BCUT2D eigenvalue weighted by atomic mass is 19.1. The van der Waals surface area contributed by atoms with Crippen LogP contribution in [0.1, 0.15) is 37.8 Å². The summed E-state index contributed by atoms with van der Waals surface area (Å²) in [4.78, 5) is 2.22. The van der Waals surface area contributed by atoms with Crippen LogP contribution in [0, 0.1) is 23.1 Å². The number of hydrogen-bond donors (Lipinski definition) is 0. The highest BCUT2D eigenvalue weighted by molar-refractivity contribution is 5.45. The van der Waals surface area contributed by atoms with E-state index in [-0.39, 0.29) is 17.5 Å². The second kappa shape index (κ2) is 11.7. The third kappa shape index (κ3) is 6.14. The third-order valence-electron chi connectivity index (χ3n) is 6.16. The summed E-state index contributed by atoms with van der Waals surface area (Å²) in [5, 5.41) is 10.2. The van der Waals surface area contributed by atoms with Crippen molar-refractivity contribution in [3.05, 3.63) is 53.3 Å². The molecule has 6 heteroatoms. The Balaban J connectivity index is 2.04. The van der Waals surface area contributed by atoms with Crippen LogP contribution < -0.4 is 14.2 Å². The number of nitriles is 1. The van der Waals surface area contributed by atoms with Gasteiger partial charge in [-0.3, -0.25) is 0 Å². The van der Waals surface area contributed by atoms with E-state index in [1.807, 2.05) is 24.3 Å². The average Bonchev–Trinajstić information content (AvgIpc) is 2.80. The van der Waals surface area contributed by atoms with Crippen LogP contribution >= 0.6 is 0 Å². The van der Waals surface area contributed by atoms with E-state index in [1.165, 1.54) is 13.2 Å². The van der Waals surface area contributed by atoms with E-state index in [4.69, 9.17) is 14.2 Å². The van der Waals surface area contributed by atoms with E-state index >= 15 is 0 Å². The van der Waals surface area contributed by atoms with Crippen LogP contribution in [0.4, 0.5) is 4.39 Å². The summed E-state index contributed by atoms with van der Waals surface area (Å²) in [6.45, 7) is 5.81. The van der Waals surface area contributed by atoms with Crippen molar-refractivity contribution in [2.75, 3.05) is 41.5 Å². The fraction of sp³-hybridized carbons (Fsp3) is 0.500. The first-order valence-electron chi connectivity index (χ1n) is 10.9. The monoisotopic (exact) mass is 442 g/mol. The maximum Gasteiger partial charge on any atom is 0.165 e. The average molecular weight is 443 g/mol. The van der Waals surface area contributed by atoms with Crippen LogP contribution in [0.15, 0.2) is 36.4 Å². The van der Waals surface area contributed by atoms with Crippen LogP contribution in [0.2, 0.25) is 0 Å². The summed E-state index contributed by atoms with van der Waals surface area (Å²) in [6, 6.07) is 13.4. The lowest BCUT2D eigenvalue weighted by molar-refractivity contribution is 0.292. The topological polar surface area (TPSA) is 54.7 Å². The van der Waals surface area contributed by atoms with Gasteiger partial charge in [0.2, 0.25) is 0 Å². The Labute approximate surface area is 191 Å². The molecule has 0 aliphatic heterocycles. The fourth-order valence-corrected chi connectivity index (χ4v) is 4.01. The predicted octanol–water partition coefficient (Wildman–Crippen LogP) is 5.22. The Bertz CT molecular complexity index is 904. The maximum atomic E-state index is 13.9. The van der Waals surface area contributed by atoms with E-state index in [0.29, 0.717) is 11.5 Å². The van der Waals surface area contributed by atoms with Gasteiger partial charge in [-0.1, -0.05) is 19.9 Å². The minimum atomic E-state index is -0.637. The first-order chi connectivity index (χ1) is 15.3. The number of rotatable bonds is 12. The van der Waals surface area contributed by atoms with Gasteiger partial charge in [-0.25, -0.2) is 4.39 Å². The number of hydrogen-bond acceptors (Lipinski definition) is 5. The summed E-state index contributed by atoms with van der Waals surface area (Å²) in [6.07, 6.45) is 2.33. The minimum Gasteiger partial charge on any atom is -0.497 e. The molecule has 0 unspecified atom stereocenters. The van der Waals surface area contributed by atoms with E-state index < -0.39 is 5.41 Å². The second-order valence-electron chi connectivity index (χ2n) is 8.46. The van der Waals surface area contributed by atoms with Gasteiger partial charge in [0.05, 0.1) is 32.8 Å². The zero-order valence-electron chi connectivity index (χ0n) is 20.1. The van der Waals surface area contributed by atoms with Crippen LogP contribution in [0.3, 0.4) is 0 Å². The molecule has 0 aromatic heterocycles. The second-order valence-corrected chi connectivity index (χ2v) is 8.46. The van der Waals surface area contributed by atoms with E-state index in [1.54, 1.807) is 20.3 Å². The molecule has 0 heterocycles. The number of ether oxygens (including phenoxy) is 3. The molecule has 0 spiro atoms. The summed E-state index contributed by atoms with van der Waals surface area (Å²) < 4.78 is 29.7. The van der Waals surface area contributed by atoms with Crippen molar-refractivity contribution in [2.24, 2.45) is 5.92 Å². The molecule has 1 atom stereocenters. The van der Waals surface area contributed by atoms with Crippen LogP contribution in [0.25, 0.3) is 0 Å². The summed E-state index contributed by atoms with van der Waals surface area (Å²) in [5.74, 6) is 1.42. The van der Waals surface area contributed by atoms with Crippen molar-refractivity contribution in [2.45, 2.75) is 38.5 Å². The van der Waals surface area contributed by atoms with Gasteiger partial charge in [-0.15, -0.1) is 0 Å². The molecule has 2 aromatic rings. The molecule has 0 N–H and O–H groups in total. The first-order valence-corrected chi connectivity index (χ1v) is 10.9. The summed E-state index contributed by atoms with van der Waals surface area (Å²) in [7, 11) is 6.75.